The quantitative estimate of drug-likeness (QED) is 0.783. The number of rotatable bonds is 4. The summed E-state index contributed by atoms with van der Waals surface area (Å²) in [6.07, 6.45) is 3.00. The van der Waals surface area contributed by atoms with E-state index in [0.717, 1.165) is 5.69 Å². The van der Waals surface area contributed by atoms with Gasteiger partial charge in [0.2, 0.25) is 0 Å². The van der Waals surface area contributed by atoms with Crippen molar-refractivity contribution in [1.29, 1.82) is 0 Å². The molecule has 0 amide bonds. The fourth-order valence-electron chi connectivity index (χ4n) is 2.57. The molecule has 0 aliphatic rings. The van der Waals surface area contributed by atoms with Crippen molar-refractivity contribution < 1.29 is 9.90 Å². The number of carbonyl (C=O) groups is 1. The lowest BCUT2D eigenvalue weighted by molar-refractivity contribution is 0.0696. The van der Waals surface area contributed by atoms with E-state index in [1.165, 1.54) is 21.3 Å². The van der Waals surface area contributed by atoms with Crippen LogP contribution in [0.1, 0.15) is 24.2 Å². The van der Waals surface area contributed by atoms with Crippen LogP contribution < -0.4 is 10.6 Å². The number of aromatic nitrogens is 4. The average molecular weight is 327 g/mol. The maximum atomic E-state index is 11.9. The van der Waals surface area contributed by atoms with Crippen LogP contribution in [-0.4, -0.2) is 36.3 Å². The molecule has 3 rings (SSSR count). The molecule has 0 bridgehead atoms. The molecule has 3 aromatic heterocycles. The zero-order chi connectivity index (χ0) is 17.4. The number of nitrogens with zero attached hydrogens (tertiary/aromatic N) is 5. The van der Waals surface area contributed by atoms with Gasteiger partial charge < -0.3 is 10.0 Å². The summed E-state index contributed by atoms with van der Waals surface area (Å²) in [5, 5.41) is 13.2. The van der Waals surface area contributed by atoms with E-state index in [4.69, 9.17) is 5.11 Å². The molecule has 0 radical (unpaired) electrons. The summed E-state index contributed by atoms with van der Waals surface area (Å²) in [5.74, 6) is -0.392. The molecule has 0 aliphatic carbocycles. The Balaban J connectivity index is 2.08. The summed E-state index contributed by atoms with van der Waals surface area (Å²) < 4.78 is 2.74. The molecule has 0 aliphatic heterocycles. The minimum Gasteiger partial charge on any atom is -0.478 e. The molecule has 8 heteroatoms. The normalized spacial score (nSPS) is 11.2. The van der Waals surface area contributed by atoms with E-state index in [1.807, 2.05) is 24.8 Å². The first-order valence-corrected chi connectivity index (χ1v) is 7.42. The highest BCUT2D eigenvalue weighted by atomic mass is 16.4. The molecule has 0 spiro atoms. The minimum atomic E-state index is -1.01. The Morgan fingerprint density at radius 1 is 1.29 bits per heavy atom. The van der Waals surface area contributed by atoms with Crippen LogP contribution in [0.3, 0.4) is 0 Å². The van der Waals surface area contributed by atoms with Gasteiger partial charge in [-0.15, -0.1) is 0 Å². The van der Waals surface area contributed by atoms with Gasteiger partial charge in [-0.25, -0.2) is 19.3 Å². The van der Waals surface area contributed by atoms with E-state index in [1.54, 1.807) is 25.4 Å². The highest BCUT2D eigenvalue weighted by molar-refractivity contribution is 5.87. The standard InChI is InChI=1S/C16H17N5O3/c1-10(2)21(13-5-4-11(9-17-13)15(22)23)12-6-7-20-14(8-12)18-19(3)16(20)24/h4-10H,1-3H3,(H,22,23). The first kappa shape index (κ1) is 15.7. The van der Waals surface area contributed by atoms with Crippen LogP contribution in [0.25, 0.3) is 5.65 Å². The van der Waals surface area contributed by atoms with Gasteiger partial charge in [-0.2, -0.15) is 5.10 Å². The molecule has 124 valence electrons. The zero-order valence-corrected chi connectivity index (χ0v) is 13.5. The summed E-state index contributed by atoms with van der Waals surface area (Å²) in [4.78, 5) is 29.1. The van der Waals surface area contributed by atoms with Gasteiger partial charge in [-0.05, 0) is 32.0 Å². The Bertz CT molecular complexity index is 956. The average Bonchev–Trinajstić information content (AvgIpc) is 2.82. The molecule has 0 fully saturated rings. The third-order valence-corrected chi connectivity index (χ3v) is 3.69. The molecule has 0 saturated carbocycles. The van der Waals surface area contributed by atoms with Crippen LogP contribution in [0.15, 0.2) is 41.5 Å². The number of aromatic carboxylic acids is 1. The predicted molar refractivity (Wildman–Crippen MR) is 88.9 cm³/mol. The third-order valence-electron chi connectivity index (χ3n) is 3.69. The number of fused-ring (bicyclic) bond motifs is 1. The van der Waals surface area contributed by atoms with Crippen LogP contribution >= 0.6 is 0 Å². The topological polar surface area (TPSA) is 92.7 Å². The molecule has 3 heterocycles. The van der Waals surface area contributed by atoms with Gasteiger partial charge in [0.15, 0.2) is 5.65 Å². The number of hydrogen-bond acceptors (Lipinski definition) is 5. The van der Waals surface area contributed by atoms with E-state index >= 15 is 0 Å². The Hall–Kier alpha value is -3.16. The maximum Gasteiger partial charge on any atom is 0.350 e. The Labute approximate surface area is 137 Å². The minimum absolute atomic E-state index is 0.0751. The molecule has 0 atom stereocenters. The van der Waals surface area contributed by atoms with Crippen molar-refractivity contribution >= 4 is 23.1 Å². The van der Waals surface area contributed by atoms with Gasteiger partial charge in [0.25, 0.3) is 0 Å². The second kappa shape index (κ2) is 5.80. The smallest absolute Gasteiger partial charge is 0.350 e. The lowest BCUT2D eigenvalue weighted by Crippen LogP contribution is -2.26. The third kappa shape index (κ3) is 2.62. The van der Waals surface area contributed by atoms with Crippen molar-refractivity contribution in [2.75, 3.05) is 4.90 Å². The van der Waals surface area contributed by atoms with Crippen LogP contribution in [-0.2, 0) is 7.05 Å². The summed E-state index contributed by atoms with van der Waals surface area (Å²) in [6.45, 7) is 4.00. The number of pyridine rings is 2. The first-order valence-electron chi connectivity index (χ1n) is 7.42. The van der Waals surface area contributed by atoms with Crippen molar-refractivity contribution in [3.63, 3.8) is 0 Å². The van der Waals surface area contributed by atoms with E-state index < -0.39 is 5.97 Å². The van der Waals surface area contributed by atoms with Crippen molar-refractivity contribution in [3.8, 4) is 0 Å². The van der Waals surface area contributed by atoms with Crippen LogP contribution in [0.5, 0.6) is 0 Å². The van der Waals surface area contributed by atoms with Gasteiger partial charge >= 0.3 is 11.7 Å². The van der Waals surface area contributed by atoms with Crippen LogP contribution in [0.2, 0.25) is 0 Å². The predicted octanol–water partition coefficient (Wildman–Crippen LogP) is 1.67. The monoisotopic (exact) mass is 327 g/mol. The Kier molecular flexibility index (Phi) is 3.80. The molecule has 0 aromatic carbocycles. The highest BCUT2D eigenvalue weighted by Crippen LogP contribution is 2.26. The largest absolute Gasteiger partial charge is 0.478 e. The second-order valence-corrected chi connectivity index (χ2v) is 5.69. The van der Waals surface area contributed by atoms with Gasteiger partial charge in [0.05, 0.1) is 5.56 Å². The summed E-state index contributed by atoms with van der Waals surface area (Å²) in [6, 6.07) is 6.87. The fourth-order valence-corrected chi connectivity index (χ4v) is 2.57. The summed E-state index contributed by atoms with van der Waals surface area (Å²) in [7, 11) is 1.60. The second-order valence-electron chi connectivity index (χ2n) is 5.69. The van der Waals surface area contributed by atoms with E-state index in [-0.39, 0.29) is 17.3 Å². The van der Waals surface area contributed by atoms with Crippen molar-refractivity contribution in [2.24, 2.45) is 7.05 Å². The number of anilines is 2. The van der Waals surface area contributed by atoms with E-state index in [0.29, 0.717) is 11.5 Å². The molecule has 0 saturated heterocycles. The van der Waals surface area contributed by atoms with Crippen molar-refractivity contribution in [2.45, 2.75) is 19.9 Å². The molecule has 3 aromatic rings. The number of carboxylic acid groups (broad SMARTS) is 1. The Morgan fingerprint density at radius 3 is 2.62 bits per heavy atom. The first-order chi connectivity index (χ1) is 11.4. The molecule has 0 unspecified atom stereocenters. The van der Waals surface area contributed by atoms with E-state index in [2.05, 4.69) is 10.1 Å². The number of carboxylic acids is 1. The Morgan fingerprint density at radius 2 is 2.04 bits per heavy atom. The zero-order valence-electron chi connectivity index (χ0n) is 13.5. The van der Waals surface area contributed by atoms with Gasteiger partial charge in [-0.3, -0.25) is 4.40 Å². The highest BCUT2D eigenvalue weighted by Gasteiger charge is 2.17. The van der Waals surface area contributed by atoms with Gasteiger partial charge in [0.1, 0.15) is 5.82 Å². The SMILES string of the molecule is CC(C)N(c1ccn2c(=O)n(C)nc2c1)c1ccc(C(=O)O)cn1. The number of hydrogen-bond donors (Lipinski definition) is 1. The van der Waals surface area contributed by atoms with Gasteiger partial charge in [0, 0.05) is 37.2 Å². The van der Waals surface area contributed by atoms with E-state index in [9.17, 15) is 9.59 Å². The fraction of sp³-hybridized carbons (Fsp3) is 0.250. The molecular weight excluding hydrogens is 310 g/mol. The van der Waals surface area contributed by atoms with Crippen LogP contribution in [0, 0.1) is 0 Å². The molecule has 8 nitrogen and oxygen atoms in total. The maximum absolute atomic E-state index is 11.9. The van der Waals surface area contributed by atoms with Crippen LogP contribution in [0.4, 0.5) is 11.5 Å². The van der Waals surface area contributed by atoms with Gasteiger partial charge in [-0.1, -0.05) is 0 Å². The van der Waals surface area contributed by atoms with Crippen molar-refractivity contribution in [1.82, 2.24) is 19.2 Å². The number of aryl methyl sites for hydroxylation is 1. The summed E-state index contributed by atoms with van der Waals surface area (Å²) in [5.41, 5.74) is 1.28. The lowest BCUT2D eigenvalue weighted by Gasteiger charge is -2.28. The summed E-state index contributed by atoms with van der Waals surface area (Å²) >= 11 is 0. The molecule has 1 N–H and O–H groups in total. The molecular formula is C16H17N5O3. The lowest BCUT2D eigenvalue weighted by atomic mass is 10.2. The molecule has 24 heavy (non-hydrogen) atoms. The van der Waals surface area contributed by atoms with Crippen molar-refractivity contribution in [3.05, 3.63) is 52.7 Å².